The molecule has 7 heteroatoms. The number of hydrogen-bond acceptors (Lipinski definition) is 4. The molecule has 1 aromatic carbocycles. The Morgan fingerprint density at radius 3 is 2.52 bits per heavy atom. The van der Waals surface area contributed by atoms with Gasteiger partial charge in [-0.15, -0.1) is 0 Å². The van der Waals surface area contributed by atoms with E-state index < -0.39 is 10.2 Å². The first-order valence-corrected chi connectivity index (χ1v) is 8.69. The average molecular weight is 311 g/mol. The van der Waals surface area contributed by atoms with E-state index in [1.165, 1.54) is 4.31 Å². The summed E-state index contributed by atoms with van der Waals surface area (Å²) in [5.74, 6) is 0. The highest BCUT2D eigenvalue weighted by Crippen LogP contribution is 2.27. The zero-order valence-electron chi connectivity index (χ0n) is 11.9. The summed E-state index contributed by atoms with van der Waals surface area (Å²) in [5.41, 5.74) is 1.03. The van der Waals surface area contributed by atoms with Gasteiger partial charge in [0.2, 0.25) is 0 Å². The van der Waals surface area contributed by atoms with Crippen LogP contribution in [0.3, 0.4) is 0 Å². The van der Waals surface area contributed by atoms with Crippen molar-refractivity contribution in [1.29, 1.82) is 0 Å². The van der Waals surface area contributed by atoms with E-state index in [-0.39, 0.29) is 6.04 Å². The van der Waals surface area contributed by atoms with Gasteiger partial charge >= 0.3 is 0 Å². The number of piperazine rings is 1. The first-order chi connectivity index (χ1) is 10.2. The Bertz CT molecular complexity index is 558. The van der Waals surface area contributed by atoms with Gasteiger partial charge in [-0.1, -0.05) is 30.3 Å². The highest BCUT2D eigenvalue weighted by Gasteiger charge is 2.37. The van der Waals surface area contributed by atoms with E-state index in [2.05, 4.69) is 5.32 Å². The third-order valence-electron chi connectivity index (χ3n) is 3.97. The van der Waals surface area contributed by atoms with Gasteiger partial charge in [0.05, 0.1) is 19.3 Å². The monoisotopic (exact) mass is 311 g/mol. The molecule has 21 heavy (non-hydrogen) atoms. The van der Waals surface area contributed by atoms with Gasteiger partial charge in [-0.3, -0.25) is 0 Å². The van der Waals surface area contributed by atoms with E-state index in [9.17, 15) is 8.42 Å². The molecule has 2 aliphatic rings. The first-order valence-electron chi connectivity index (χ1n) is 7.30. The van der Waals surface area contributed by atoms with Crippen LogP contribution >= 0.6 is 0 Å². The van der Waals surface area contributed by atoms with Crippen molar-refractivity contribution in [2.45, 2.75) is 6.04 Å². The third-order valence-corrected chi connectivity index (χ3v) is 6.02. The highest BCUT2D eigenvalue weighted by molar-refractivity contribution is 7.86. The lowest BCUT2D eigenvalue weighted by Crippen LogP contribution is -2.55. The fourth-order valence-electron chi connectivity index (χ4n) is 2.85. The van der Waals surface area contributed by atoms with Gasteiger partial charge in [0, 0.05) is 32.7 Å². The standard InChI is InChI=1S/C14H21N3O3S/c18-21(19,16-8-10-20-11-9-16)17-7-6-15-12-14(17)13-4-2-1-3-5-13/h1-5,14-15H,6-12H2/t14-/m0/s1. The molecule has 1 aromatic rings. The van der Waals surface area contributed by atoms with Crippen molar-refractivity contribution in [3.63, 3.8) is 0 Å². The third kappa shape index (κ3) is 3.12. The van der Waals surface area contributed by atoms with E-state index in [0.717, 1.165) is 5.56 Å². The van der Waals surface area contributed by atoms with Crippen LogP contribution < -0.4 is 5.32 Å². The van der Waals surface area contributed by atoms with E-state index in [0.29, 0.717) is 45.9 Å². The smallest absolute Gasteiger partial charge is 0.282 e. The van der Waals surface area contributed by atoms with Crippen molar-refractivity contribution >= 4 is 10.2 Å². The highest BCUT2D eigenvalue weighted by atomic mass is 32.2. The summed E-state index contributed by atoms with van der Waals surface area (Å²) in [6, 6.07) is 9.67. The molecule has 2 saturated heterocycles. The minimum atomic E-state index is -3.44. The normalized spacial score (nSPS) is 25.8. The molecule has 1 atom stereocenters. The minimum Gasteiger partial charge on any atom is -0.379 e. The number of ether oxygens (including phenoxy) is 1. The number of rotatable bonds is 3. The second kappa shape index (κ2) is 6.41. The van der Waals surface area contributed by atoms with E-state index >= 15 is 0 Å². The summed E-state index contributed by atoms with van der Waals surface area (Å²) in [7, 11) is -3.44. The topological polar surface area (TPSA) is 61.9 Å². The Balaban J connectivity index is 1.86. The van der Waals surface area contributed by atoms with Gasteiger partial charge < -0.3 is 10.1 Å². The number of nitrogens with one attached hydrogen (secondary N) is 1. The molecule has 2 fully saturated rings. The van der Waals surface area contributed by atoms with Crippen molar-refractivity contribution < 1.29 is 13.2 Å². The molecule has 0 aromatic heterocycles. The predicted octanol–water partition coefficient (Wildman–Crippen LogP) is 0.210. The summed E-state index contributed by atoms with van der Waals surface area (Å²) >= 11 is 0. The quantitative estimate of drug-likeness (QED) is 0.867. The van der Waals surface area contributed by atoms with Crippen LogP contribution in [0.4, 0.5) is 0 Å². The molecule has 0 unspecified atom stereocenters. The molecule has 0 spiro atoms. The second-order valence-electron chi connectivity index (χ2n) is 5.26. The number of morpholine rings is 1. The molecule has 2 heterocycles. The predicted molar refractivity (Wildman–Crippen MR) is 80.1 cm³/mol. The maximum absolute atomic E-state index is 12.9. The Morgan fingerprint density at radius 2 is 1.81 bits per heavy atom. The van der Waals surface area contributed by atoms with Gasteiger partial charge in [0.15, 0.2) is 0 Å². The van der Waals surface area contributed by atoms with Gasteiger partial charge in [-0.05, 0) is 5.56 Å². The largest absolute Gasteiger partial charge is 0.379 e. The second-order valence-corrected chi connectivity index (χ2v) is 7.14. The van der Waals surface area contributed by atoms with Crippen LogP contribution in [0.25, 0.3) is 0 Å². The summed E-state index contributed by atoms with van der Waals surface area (Å²) in [5, 5.41) is 3.29. The van der Waals surface area contributed by atoms with E-state index in [4.69, 9.17) is 4.74 Å². The summed E-state index contributed by atoms with van der Waals surface area (Å²) < 4.78 is 34.2. The molecule has 2 aliphatic heterocycles. The molecule has 116 valence electrons. The Hall–Kier alpha value is -0.990. The molecular weight excluding hydrogens is 290 g/mol. The number of hydrogen-bond donors (Lipinski definition) is 1. The van der Waals surface area contributed by atoms with E-state index in [1.54, 1.807) is 4.31 Å². The average Bonchev–Trinajstić information content (AvgIpc) is 2.56. The Labute approximate surface area is 125 Å². The lowest BCUT2D eigenvalue weighted by atomic mass is 10.1. The van der Waals surface area contributed by atoms with Crippen LogP contribution in [0.2, 0.25) is 0 Å². The molecule has 0 radical (unpaired) electrons. The molecular formula is C14H21N3O3S. The Kier molecular flexibility index (Phi) is 4.56. The van der Waals surface area contributed by atoms with Crippen LogP contribution in [0.15, 0.2) is 30.3 Å². The van der Waals surface area contributed by atoms with Crippen molar-refractivity contribution in [3.8, 4) is 0 Å². The van der Waals surface area contributed by atoms with Gasteiger partial charge in [0.1, 0.15) is 0 Å². The zero-order chi connectivity index (χ0) is 14.7. The first kappa shape index (κ1) is 14.9. The molecule has 1 N–H and O–H groups in total. The lowest BCUT2D eigenvalue weighted by molar-refractivity contribution is 0.0685. The van der Waals surface area contributed by atoms with Crippen LogP contribution in [0.1, 0.15) is 11.6 Å². The SMILES string of the molecule is O=S(=O)(N1CCOCC1)N1CCNC[C@H]1c1ccccc1. The molecule has 0 amide bonds. The van der Waals surface area contributed by atoms with Gasteiger partial charge in [-0.2, -0.15) is 17.0 Å². The van der Waals surface area contributed by atoms with Gasteiger partial charge in [0.25, 0.3) is 10.2 Å². The Morgan fingerprint density at radius 1 is 1.10 bits per heavy atom. The van der Waals surface area contributed by atoms with Crippen LogP contribution in [0, 0.1) is 0 Å². The minimum absolute atomic E-state index is 0.146. The van der Waals surface area contributed by atoms with Crippen molar-refractivity contribution in [2.24, 2.45) is 0 Å². The zero-order valence-corrected chi connectivity index (χ0v) is 12.8. The summed E-state index contributed by atoms with van der Waals surface area (Å²) in [6.45, 7) is 3.66. The van der Waals surface area contributed by atoms with Crippen LogP contribution in [-0.4, -0.2) is 63.0 Å². The maximum atomic E-state index is 12.9. The molecule has 3 rings (SSSR count). The fourth-order valence-corrected chi connectivity index (χ4v) is 4.59. The van der Waals surface area contributed by atoms with Crippen molar-refractivity contribution in [2.75, 3.05) is 45.9 Å². The van der Waals surface area contributed by atoms with Crippen molar-refractivity contribution in [1.82, 2.24) is 13.9 Å². The van der Waals surface area contributed by atoms with E-state index in [1.807, 2.05) is 30.3 Å². The van der Waals surface area contributed by atoms with Gasteiger partial charge in [-0.25, -0.2) is 0 Å². The number of nitrogens with zero attached hydrogens (tertiary/aromatic N) is 2. The fraction of sp³-hybridized carbons (Fsp3) is 0.571. The summed E-state index contributed by atoms with van der Waals surface area (Å²) in [6.07, 6.45) is 0. The maximum Gasteiger partial charge on any atom is 0.282 e. The number of benzene rings is 1. The molecule has 0 saturated carbocycles. The van der Waals surface area contributed by atoms with Crippen LogP contribution in [0.5, 0.6) is 0 Å². The lowest BCUT2D eigenvalue weighted by Gasteiger charge is -2.39. The molecule has 6 nitrogen and oxygen atoms in total. The molecule has 0 bridgehead atoms. The van der Waals surface area contributed by atoms with Crippen molar-refractivity contribution in [3.05, 3.63) is 35.9 Å². The molecule has 0 aliphatic carbocycles. The summed E-state index contributed by atoms with van der Waals surface area (Å²) in [4.78, 5) is 0. The van der Waals surface area contributed by atoms with Crippen LogP contribution in [-0.2, 0) is 14.9 Å².